The van der Waals surface area contributed by atoms with Crippen LogP contribution in [-0.2, 0) is 6.42 Å². The van der Waals surface area contributed by atoms with Gasteiger partial charge in [-0.15, -0.1) is 0 Å². The first-order valence-electron chi connectivity index (χ1n) is 7.01. The Labute approximate surface area is 142 Å². The molecule has 2 aromatic rings. The van der Waals surface area contributed by atoms with E-state index in [9.17, 15) is 0 Å². The topological polar surface area (TPSA) is 32.3 Å². The number of aliphatic hydroxyl groups is 1. The van der Waals surface area contributed by atoms with Gasteiger partial charge in [0.25, 0.3) is 0 Å². The Morgan fingerprint density at radius 1 is 1.14 bits per heavy atom. The lowest BCUT2D eigenvalue weighted by atomic mass is 10.1. The number of anilines is 1. The summed E-state index contributed by atoms with van der Waals surface area (Å²) in [7, 11) is 0. The summed E-state index contributed by atoms with van der Waals surface area (Å²) in [6.45, 7) is 2.38. The van der Waals surface area contributed by atoms with Crippen LogP contribution in [0.1, 0.15) is 30.5 Å². The molecular weight excluding hydrogens is 394 g/mol. The molecule has 21 heavy (non-hydrogen) atoms. The molecule has 4 heteroatoms. The van der Waals surface area contributed by atoms with E-state index in [2.05, 4.69) is 86.6 Å². The van der Waals surface area contributed by atoms with Crippen LogP contribution in [0.25, 0.3) is 0 Å². The Bertz CT molecular complexity index is 601. The van der Waals surface area contributed by atoms with Crippen LogP contribution in [0.5, 0.6) is 0 Å². The number of aryl methyl sites for hydroxylation is 1. The number of hydrogen-bond acceptors (Lipinski definition) is 2. The third-order valence-electron chi connectivity index (χ3n) is 3.36. The molecule has 2 rings (SSSR count). The van der Waals surface area contributed by atoms with E-state index in [0.717, 1.165) is 27.5 Å². The molecule has 2 nitrogen and oxygen atoms in total. The molecule has 0 saturated heterocycles. The smallest absolute Gasteiger partial charge is 0.0496 e. The standard InChI is InChI=1S/C17H19Br2NO/c1-12(16-8-7-14(18)11-17(16)19)20-15-6-2-4-13(10-15)5-3-9-21/h2,4,6-8,10-12,20-21H,3,5,9H2,1H3. The van der Waals surface area contributed by atoms with Crippen LogP contribution in [0.3, 0.4) is 0 Å². The van der Waals surface area contributed by atoms with Crippen LogP contribution in [0.4, 0.5) is 5.69 Å². The molecule has 2 aromatic carbocycles. The van der Waals surface area contributed by atoms with E-state index in [1.54, 1.807) is 0 Å². The summed E-state index contributed by atoms with van der Waals surface area (Å²) in [5.74, 6) is 0. The van der Waals surface area contributed by atoms with Crippen LogP contribution in [0, 0.1) is 0 Å². The van der Waals surface area contributed by atoms with E-state index >= 15 is 0 Å². The van der Waals surface area contributed by atoms with E-state index < -0.39 is 0 Å². The van der Waals surface area contributed by atoms with Gasteiger partial charge in [-0.3, -0.25) is 0 Å². The molecular formula is C17H19Br2NO. The number of rotatable bonds is 6. The van der Waals surface area contributed by atoms with Crippen molar-refractivity contribution in [2.45, 2.75) is 25.8 Å². The second kappa shape index (κ2) is 7.97. The second-order valence-electron chi connectivity index (χ2n) is 5.06. The Kier molecular flexibility index (Phi) is 6.27. The van der Waals surface area contributed by atoms with E-state index in [1.807, 2.05) is 0 Å². The van der Waals surface area contributed by atoms with Gasteiger partial charge >= 0.3 is 0 Å². The van der Waals surface area contributed by atoms with Gasteiger partial charge in [0.15, 0.2) is 0 Å². The molecule has 0 saturated carbocycles. The maximum atomic E-state index is 8.92. The van der Waals surface area contributed by atoms with Gasteiger partial charge in [-0.25, -0.2) is 0 Å². The summed E-state index contributed by atoms with van der Waals surface area (Å²) in [5, 5.41) is 12.4. The van der Waals surface area contributed by atoms with Gasteiger partial charge in [-0.05, 0) is 55.2 Å². The molecule has 0 aliphatic carbocycles. The molecule has 0 aromatic heterocycles. The van der Waals surface area contributed by atoms with Crippen molar-refractivity contribution in [3.05, 3.63) is 62.5 Å². The minimum atomic E-state index is 0.209. The zero-order chi connectivity index (χ0) is 15.2. The zero-order valence-corrected chi connectivity index (χ0v) is 15.1. The van der Waals surface area contributed by atoms with Crippen LogP contribution < -0.4 is 5.32 Å². The highest BCUT2D eigenvalue weighted by Crippen LogP contribution is 2.29. The maximum Gasteiger partial charge on any atom is 0.0496 e. The lowest BCUT2D eigenvalue weighted by Gasteiger charge is -2.18. The first-order valence-corrected chi connectivity index (χ1v) is 8.60. The highest BCUT2D eigenvalue weighted by atomic mass is 79.9. The third-order valence-corrected chi connectivity index (χ3v) is 4.54. The van der Waals surface area contributed by atoms with Crippen molar-refractivity contribution in [3.63, 3.8) is 0 Å². The zero-order valence-electron chi connectivity index (χ0n) is 11.9. The van der Waals surface area contributed by atoms with Gasteiger partial charge in [0.05, 0.1) is 0 Å². The predicted molar refractivity (Wildman–Crippen MR) is 95.7 cm³/mol. The van der Waals surface area contributed by atoms with E-state index in [-0.39, 0.29) is 12.6 Å². The minimum Gasteiger partial charge on any atom is -0.396 e. The maximum absolute atomic E-state index is 8.92. The molecule has 2 N–H and O–H groups in total. The van der Waals surface area contributed by atoms with Crippen molar-refractivity contribution in [2.75, 3.05) is 11.9 Å². The summed E-state index contributed by atoms with van der Waals surface area (Å²) in [4.78, 5) is 0. The molecule has 1 unspecified atom stereocenters. The summed E-state index contributed by atoms with van der Waals surface area (Å²) in [5.41, 5.74) is 3.57. The van der Waals surface area contributed by atoms with Crippen molar-refractivity contribution < 1.29 is 5.11 Å². The van der Waals surface area contributed by atoms with Gasteiger partial charge in [0.2, 0.25) is 0 Å². The van der Waals surface area contributed by atoms with Crippen LogP contribution >= 0.6 is 31.9 Å². The Hall–Kier alpha value is -0.840. The minimum absolute atomic E-state index is 0.209. The van der Waals surface area contributed by atoms with Crippen molar-refractivity contribution in [2.24, 2.45) is 0 Å². The fourth-order valence-electron chi connectivity index (χ4n) is 2.28. The highest BCUT2D eigenvalue weighted by Gasteiger charge is 2.09. The van der Waals surface area contributed by atoms with Gasteiger partial charge in [-0.2, -0.15) is 0 Å². The fraction of sp³-hybridized carbons (Fsp3) is 0.294. The fourth-order valence-corrected chi connectivity index (χ4v) is 3.67. The molecule has 0 heterocycles. The average molecular weight is 413 g/mol. The molecule has 112 valence electrons. The quantitative estimate of drug-likeness (QED) is 0.673. The first-order chi connectivity index (χ1) is 10.1. The molecule has 0 amide bonds. The number of hydrogen-bond donors (Lipinski definition) is 2. The van der Waals surface area contributed by atoms with Crippen molar-refractivity contribution >= 4 is 37.5 Å². The number of nitrogens with one attached hydrogen (secondary N) is 1. The largest absolute Gasteiger partial charge is 0.396 e. The molecule has 0 fully saturated rings. The van der Waals surface area contributed by atoms with Gasteiger partial charge in [0, 0.05) is 27.3 Å². The van der Waals surface area contributed by atoms with Crippen LogP contribution in [-0.4, -0.2) is 11.7 Å². The summed E-state index contributed by atoms with van der Waals surface area (Å²) in [6, 6.07) is 14.8. The Balaban J connectivity index is 2.10. The van der Waals surface area contributed by atoms with Gasteiger partial charge in [-0.1, -0.05) is 50.1 Å². The van der Waals surface area contributed by atoms with E-state index in [1.165, 1.54) is 11.1 Å². The lowest BCUT2D eigenvalue weighted by Crippen LogP contribution is -2.07. The average Bonchev–Trinajstić information content (AvgIpc) is 2.45. The molecule has 1 atom stereocenters. The van der Waals surface area contributed by atoms with Crippen molar-refractivity contribution in [3.8, 4) is 0 Å². The van der Waals surface area contributed by atoms with Crippen LogP contribution in [0.2, 0.25) is 0 Å². The number of halogens is 2. The summed E-state index contributed by atoms with van der Waals surface area (Å²) >= 11 is 7.09. The SMILES string of the molecule is CC(Nc1cccc(CCCO)c1)c1ccc(Br)cc1Br. The summed E-state index contributed by atoms with van der Waals surface area (Å²) in [6.07, 6.45) is 1.71. The Morgan fingerprint density at radius 3 is 2.67 bits per heavy atom. The van der Waals surface area contributed by atoms with E-state index in [0.29, 0.717) is 0 Å². The number of aliphatic hydroxyl groups excluding tert-OH is 1. The lowest BCUT2D eigenvalue weighted by molar-refractivity contribution is 0.288. The molecule has 0 bridgehead atoms. The monoisotopic (exact) mass is 411 g/mol. The molecule has 0 aliphatic rings. The second-order valence-corrected chi connectivity index (χ2v) is 6.83. The normalized spacial score (nSPS) is 12.2. The van der Waals surface area contributed by atoms with Gasteiger partial charge < -0.3 is 10.4 Å². The molecule has 0 aliphatic heterocycles. The molecule has 0 spiro atoms. The van der Waals surface area contributed by atoms with Crippen molar-refractivity contribution in [1.82, 2.24) is 0 Å². The summed E-state index contributed by atoms with van der Waals surface area (Å²) < 4.78 is 2.16. The van der Waals surface area contributed by atoms with Crippen molar-refractivity contribution in [1.29, 1.82) is 0 Å². The third kappa shape index (κ3) is 4.83. The number of benzene rings is 2. The van der Waals surface area contributed by atoms with E-state index in [4.69, 9.17) is 5.11 Å². The molecule has 0 radical (unpaired) electrons. The van der Waals surface area contributed by atoms with Gasteiger partial charge in [0.1, 0.15) is 0 Å². The Morgan fingerprint density at radius 2 is 1.95 bits per heavy atom. The van der Waals surface area contributed by atoms with Crippen LogP contribution in [0.15, 0.2) is 51.4 Å². The highest BCUT2D eigenvalue weighted by molar-refractivity contribution is 9.11. The first kappa shape index (κ1) is 16.5. The predicted octanol–water partition coefficient (Wildman–Crippen LogP) is 5.31.